The van der Waals surface area contributed by atoms with Gasteiger partial charge in [-0.15, -0.1) is 5.10 Å². The van der Waals surface area contributed by atoms with Crippen LogP contribution in [0.25, 0.3) is 0 Å². The van der Waals surface area contributed by atoms with E-state index < -0.39 is 0 Å². The topological polar surface area (TPSA) is 122 Å². The molecule has 0 fully saturated rings. The van der Waals surface area contributed by atoms with Crippen molar-refractivity contribution < 1.29 is 4.84 Å². The van der Waals surface area contributed by atoms with Crippen molar-refractivity contribution in [3.63, 3.8) is 0 Å². The lowest BCUT2D eigenvalue weighted by Crippen LogP contribution is -2.36. The van der Waals surface area contributed by atoms with Gasteiger partial charge in [0.05, 0.1) is 6.61 Å². The summed E-state index contributed by atoms with van der Waals surface area (Å²) in [6.07, 6.45) is 0. The number of hydrogen-bond donors (Lipinski definition) is 5. The van der Waals surface area contributed by atoms with Crippen molar-refractivity contribution in [1.82, 2.24) is 10.9 Å². The maximum Gasteiger partial charge on any atom is 0.235 e. The predicted molar refractivity (Wildman–Crippen MR) is 41.4 cm³/mol. The molecule has 0 atom stereocenters. The first-order chi connectivity index (χ1) is 5.16. The quantitative estimate of drug-likeness (QED) is 0.190. The molecule has 0 spiro atoms. The second-order valence-electron chi connectivity index (χ2n) is 1.56. The second kappa shape index (κ2) is 5.30. The molecule has 0 aromatic carbocycles. The minimum atomic E-state index is -0.286. The number of hydrazone groups is 1. The lowest BCUT2D eigenvalue weighted by molar-refractivity contribution is 0.0956. The normalized spacial score (nSPS) is 10.8. The Labute approximate surface area is 64.2 Å². The first-order valence-corrected chi connectivity index (χ1v) is 2.97. The lowest BCUT2D eigenvalue weighted by atomic mass is 10.9. The molecule has 7 N–H and O–H groups in total. The van der Waals surface area contributed by atoms with Crippen molar-refractivity contribution in [3.05, 3.63) is 0 Å². The third-order valence-corrected chi connectivity index (χ3v) is 0.618. The Bertz CT molecular complexity index is 155. The van der Waals surface area contributed by atoms with Crippen LogP contribution in [0.3, 0.4) is 0 Å². The van der Waals surface area contributed by atoms with E-state index in [-0.39, 0.29) is 11.9 Å². The van der Waals surface area contributed by atoms with Crippen LogP contribution < -0.4 is 22.4 Å². The maximum atomic E-state index is 6.70. The largest absolute Gasteiger partial charge is 0.369 e. The predicted octanol–water partition coefficient (Wildman–Crippen LogP) is -1.76. The molecular formula is C4H12N6O. The molecule has 0 saturated carbocycles. The zero-order valence-electron chi connectivity index (χ0n) is 6.22. The van der Waals surface area contributed by atoms with E-state index in [1.807, 2.05) is 0 Å². The van der Waals surface area contributed by atoms with E-state index in [1.165, 1.54) is 0 Å². The Balaban J connectivity index is 3.54. The van der Waals surface area contributed by atoms with Gasteiger partial charge in [0.1, 0.15) is 0 Å². The molecule has 0 aromatic rings. The average molecular weight is 160 g/mol. The number of nitrogens with one attached hydrogen (secondary N) is 3. The highest BCUT2D eigenvalue weighted by Crippen LogP contribution is 1.63. The summed E-state index contributed by atoms with van der Waals surface area (Å²) in [7, 11) is 0. The van der Waals surface area contributed by atoms with Crippen LogP contribution in [-0.2, 0) is 4.84 Å². The van der Waals surface area contributed by atoms with Crippen molar-refractivity contribution in [2.24, 2.45) is 16.6 Å². The summed E-state index contributed by atoms with van der Waals surface area (Å²) in [6.45, 7) is 2.26. The van der Waals surface area contributed by atoms with E-state index in [9.17, 15) is 0 Å². The van der Waals surface area contributed by atoms with E-state index in [1.54, 1.807) is 6.92 Å². The highest BCUT2D eigenvalue weighted by molar-refractivity contribution is 5.80. The fourth-order valence-electron chi connectivity index (χ4n) is 0.289. The van der Waals surface area contributed by atoms with E-state index in [0.717, 1.165) is 0 Å². The van der Waals surface area contributed by atoms with E-state index in [4.69, 9.17) is 16.9 Å². The van der Waals surface area contributed by atoms with Gasteiger partial charge in [-0.2, -0.15) is 0 Å². The smallest absolute Gasteiger partial charge is 0.235 e. The van der Waals surface area contributed by atoms with Gasteiger partial charge in [0.15, 0.2) is 0 Å². The average Bonchev–Trinajstić information content (AvgIpc) is 1.97. The van der Waals surface area contributed by atoms with Crippen LogP contribution in [0.15, 0.2) is 5.10 Å². The van der Waals surface area contributed by atoms with Gasteiger partial charge in [-0.05, 0) is 6.92 Å². The highest BCUT2D eigenvalue weighted by atomic mass is 16.6. The molecule has 0 unspecified atom stereocenters. The number of nitrogens with two attached hydrogens (primary N) is 2. The van der Waals surface area contributed by atoms with E-state index in [0.29, 0.717) is 6.61 Å². The van der Waals surface area contributed by atoms with Crippen molar-refractivity contribution in [2.45, 2.75) is 6.92 Å². The molecule has 7 heteroatoms. The number of nitrogens with zero attached hydrogens (tertiary/aromatic N) is 1. The Morgan fingerprint density at radius 2 is 2.27 bits per heavy atom. The monoisotopic (exact) mass is 160 g/mol. The Morgan fingerprint density at radius 3 is 2.73 bits per heavy atom. The van der Waals surface area contributed by atoms with Crippen LogP contribution in [0.1, 0.15) is 6.92 Å². The van der Waals surface area contributed by atoms with E-state index >= 15 is 0 Å². The molecule has 0 heterocycles. The van der Waals surface area contributed by atoms with Gasteiger partial charge in [-0.25, -0.2) is 10.9 Å². The summed E-state index contributed by atoms with van der Waals surface area (Å²) in [5.41, 5.74) is 14.6. The Kier molecular flexibility index (Phi) is 4.58. The van der Waals surface area contributed by atoms with Gasteiger partial charge in [-0.3, -0.25) is 10.2 Å². The molecule has 0 aliphatic carbocycles. The van der Waals surface area contributed by atoms with Crippen molar-refractivity contribution in [2.75, 3.05) is 6.61 Å². The molecule has 0 aliphatic rings. The number of hydrogen-bond acceptors (Lipinski definition) is 3. The molecule has 0 saturated heterocycles. The van der Waals surface area contributed by atoms with Crippen LogP contribution in [-0.4, -0.2) is 18.5 Å². The Hall–Kier alpha value is -1.50. The zero-order valence-corrected chi connectivity index (χ0v) is 6.22. The molecule has 0 aromatic heterocycles. The fraction of sp³-hybridized carbons (Fsp3) is 0.500. The summed E-state index contributed by atoms with van der Waals surface area (Å²) < 4.78 is 0. The molecule has 64 valence electrons. The molecule has 0 aliphatic heterocycles. The van der Waals surface area contributed by atoms with Crippen LogP contribution in [0, 0.1) is 5.41 Å². The van der Waals surface area contributed by atoms with Gasteiger partial charge in [0.25, 0.3) is 0 Å². The third-order valence-electron chi connectivity index (χ3n) is 0.618. The SMILES string of the molecule is CCONC(N)=NNC(=N)N. The molecule has 0 radical (unpaired) electrons. The molecule has 7 nitrogen and oxygen atoms in total. The first-order valence-electron chi connectivity index (χ1n) is 2.97. The van der Waals surface area contributed by atoms with Gasteiger partial charge >= 0.3 is 0 Å². The first kappa shape index (κ1) is 9.50. The van der Waals surface area contributed by atoms with Gasteiger partial charge in [0.2, 0.25) is 11.9 Å². The number of hydroxylamine groups is 1. The number of rotatable bonds is 3. The van der Waals surface area contributed by atoms with Crippen molar-refractivity contribution in [1.29, 1.82) is 5.41 Å². The minimum absolute atomic E-state index is 0.0158. The fourth-order valence-corrected chi connectivity index (χ4v) is 0.289. The molecule has 0 amide bonds. The van der Waals surface area contributed by atoms with Crippen LogP contribution in [0.2, 0.25) is 0 Å². The minimum Gasteiger partial charge on any atom is -0.369 e. The maximum absolute atomic E-state index is 6.70. The van der Waals surface area contributed by atoms with Gasteiger partial charge in [0, 0.05) is 0 Å². The number of guanidine groups is 2. The third kappa shape index (κ3) is 6.38. The summed E-state index contributed by atoms with van der Waals surface area (Å²) in [5.74, 6) is -0.270. The van der Waals surface area contributed by atoms with Gasteiger partial charge < -0.3 is 11.5 Å². The molecule has 0 bridgehead atoms. The standard InChI is InChI=1S/C4H12N6O/c1-2-11-10-4(7)9-8-3(5)6/h2H2,1H3,(H4,5,6,8)(H3,7,9,10). The zero-order chi connectivity index (χ0) is 8.69. The molecule has 0 rings (SSSR count). The summed E-state index contributed by atoms with van der Waals surface area (Å²) in [6, 6.07) is 0. The highest BCUT2D eigenvalue weighted by Gasteiger charge is 1.88. The van der Waals surface area contributed by atoms with Crippen molar-refractivity contribution in [3.8, 4) is 0 Å². The van der Waals surface area contributed by atoms with Crippen molar-refractivity contribution >= 4 is 11.9 Å². The summed E-state index contributed by atoms with van der Waals surface area (Å²) in [5, 5.41) is 10.1. The van der Waals surface area contributed by atoms with Crippen LogP contribution in [0.4, 0.5) is 0 Å². The van der Waals surface area contributed by atoms with Gasteiger partial charge in [-0.1, -0.05) is 0 Å². The lowest BCUT2D eigenvalue weighted by Gasteiger charge is -2.02. The second-order valence-corrected chi connectivity index (χ2v) is 1.56. The van der Waals surface area contributed by atoms with Crippen LogP contribution in [0.5, 0.6) is 0 Å². The van der Waals surface area contributed by atoms with E-state index in [2.05, 4.69) is 20.8 Å². The van der Waals surface area contributed by atoms with Crippen LogP contribution >= 0.6 is 0 Å². The summed E-state index contributed by atoms with van der Waals surface area (Å²) in [4.78, 5) is 4.67. The molecule has 11 heavy (non-hydrogen) atoms. The summed E-state index contributed by atoms with van der Waals surface area (Å²) >= 11 is 0. The molecular weight excluding hydrogens is 148 g/mol. The Morgan fingerprint density at radius 1 is 1.64 bits per heavy atom.